The number of primary amides is 2. The van der Waals surface area contributed by atoms with Gasteiger partial charge in [-0.25, -0.2) is 12.7 Å². The maximum Gasteiger partial charge on any atom is 0.290 e. The minimum atomic E-state index is -3.42. The fourth-order valence-corrected chi connectivity index (χ4v) is 13.9. The van der Waals surface area contributed by atoms with Crippen molar-refractivity contribution in [2.75, 3.05) is 32.9 Å². The summed E-state index contributed by atoms with van der Waals surface area (Å²) in [6.07, 6.45) is 16.7. The Balaban J connectivity index is 0.000000343. The topological polar surface area (TPSA) is 313 Å². The summed E-state index contributed by atoms with van der Waals surface area (Å²) < 4.78 is 25.5. The van der Waals surface area contributed by atoms with Gasteiger partial charge in [-0.1, -0.05) is 138 Å². The largest absolute Gasteiger partial charge is 0.483 e. The van der Waals surface area contributed by atoms with Crippen LogP contribution in [0.1, 0.15) is 190 Å². The van der Waals surface area contributed by atoms with Gasteiger partial charge in [-0.3, -0.25) is 47.9 Å². The molecule has 11 atom stereocenters. The van der Waals surface area contributed by atoms with E-state index < -0.39 is 69.3 Å². The summed E-state index contributed by atoms with van der Waals surface area (Å²) in [5.41, 5.74) is 16.4. The Morgan fingerprint density at radius 3 is 1.40 bits per heavy atom. The van der Waals surface area contributed by atoms with E-state index in [1.807, 2.05) is 20.8 Å². The number of fused-ring (bicyclic) bond motifs is 6. The minimum absolute atomic E-state index is 0.00519. The van der Waals surface area contributed by atoms with Crippen LogP contribution in [0, 0.1) is 63.6 Å². The van der Waals surface area contributed by atoms with Crippen LogP contribution in [0.5, 0.6) is 0 Å². The molecule has 6 fully saturated rings. The molecule has 0 aromatic heterocycles. The van der Waals surface area contributed by atoms with Crippen molar-refractivity contribution in [1.82, 2.24) is 14.1 Å². The van der Waals surface area contributed by atoms with E-state index in [0.717, 1.165) is 96.1 Å². The summed E-state index contributed by atoms with van der Waals surface area (Å²) in [5, 5.41) is 6.89. The lowest BCUT2D eigenvalue weighted by Crippen LogP contribution is -2.52. The lowest BCUT2D eigenvalue weighted by atomic mass is 9.76. The number of ketones is 5. The Morgan fingerprint density at radius 2 is 1.03 bits per heavy atom. The van der Waals surface area contributed by atoms with Gasteiger partial charge in [0.15, 0.2) is 11.6 Å². The molecule has 0 aromatic rings. The molecular formula is C58H96N6O13S. The van der Waals surface area contributed by atoms with Crippen LogP contribution in [-0.2, 0) is 58.0 Å². The predicted molar refractivity (Wildman–Crippen MR) is 295 cm³/mol. The summed E-state index contributed by atoms with van der Waals surface area (Å²) in [5.74, 6) is -5.87. The number of hydrogen-bond donors (Lipinski definition) is 4. The number of amides is 4. The first kappa shape index (κ1) is 66.1. The van der Waals surface area contributed by atoms with Crippen LogP contribution in [0.15, 0.2) is 0 Å². The van der Waals surface area contributed by atoms with Gasteiger partial charge in [0.1, 0.15) is 5.78 Å². The number of nitrogens with zero attached hydrogens (tertiary/aromatic N) is 3. The number of carbonyl (C=O) groups excluding carboxylic acids is 9. The van der Waals surface area contributed by atoms with Gasteiger partial charge in [0.25, 0.3) is 18.3 Å². The third-order valence-corrected chi connectivity index (χ3v) is 20.1. The van der Waals surface area contributed by atoms with Crippen molar-refractivity contribution in [2.45, 2.75) is 208 Å². The first-order valence-electron chi connectivity index (χ1n) is 28.9. The Bertz CT molecular complexity index is 2300. The van der Waals surface area contributed by atoms with Crippen molar-refractivity contribution < 1.29 is 61.5 Å². The van der Waals surface area contributed by atoms with Crippen molar-refractivity contribution in [1.29, 1.82) is 0 Å². The molecule has 7 N–H and O–H groups in total. The molecule has 4 amide bonds. The van der Waals surface area contributed by atoms with Gasteiger partial charge in [-0.05, 0) is 71.5 Å². The third kappa shape index (κ3) is 17.3. The van der Waals surface area contributed by atoms with Crippen LogP contribution < -0.4 is 17.2 Å². The third-order valence-electron chi connectivity index (χ3n) is 18.8. The van der Waals surface area contributed by atoms with E-state index in [-0.39, 0.29) is 114 Å². The van der Waals surface area contributed by atoms with Crippen molar-refractivity contribution in [3.8, 4) is 0 Å². The summed E-state index contributed by atoms with van der Waals surface area (Å²) >= 11 is 0. The van der Waals surface area contributed by atoms with E-state index in [9.17, 15) is 51.6 Å². The molecule has 0 aromatic carbocycles. The number of hydrogen-bond acceptors (Lipinski definition) is 13. The van der Waals surface area contributed by atoms with Gasteiger partial charge in [-0.2, -0.15) is 0 Å². The molecule has 0 spiro atoms. The van der Waals surface area contributed by atoms with Gasteiger partial charge in [0.05, 0.1) is 24.4 Å². The average Bonchev–Trinajstić information content (AvgIpc) is 3.88. The highest BCUT2D eigenvalue weighted by molar-refractivity contribution is 7.88. The number of sulfonamides is 1. The first-order chi connectivity index (χ1) is 36.3. The maximum absolute atomic E-state index is 14.3. The highest BCUT2D eigenvalue weighted by atomic mass is 32.2. The summed E-state index contributed by atoms with van der Waals surface area (Å²) in [6.45, 7) is 15.4. The van der Waals surface area contributed by atoms with E-state index in [1.54, 1.807) is 9.80 Å². The van der Waals surface area contributed by atoms with Crippen molar-refractivity contribution in [3.63, 3.8) is 0 Å². The van der Waals surface area contributed by atoms with Gasteiger partial charge < -0.3 is 32.1 Å². The molecule has 20 heteroatoms. The van der Waals surface area contributed by atoms with E-state index in [4.69, 9.17) is 27.1 Å². The number of piperidine rings is 2. The van der Waals surface area contributed by atoms with Crippen molar-refractivity contribution in [3.05, 3.63) is 0 Å². The second-order valence-electron chi connectivity index (χ2n) is 26.0. The number of Topliss-reactive ketones (excluding diaryl/α,β-unsaturated/α-hetero) is 5. The molecule has 6 rings (SSSR count). The molecule has 6 aliphatic rings. The molecule has 0 radical (unpaired) electrons. The monoisotopic (exact) mass is 1120 g/mol. The number of nitrogens with two attached hydrogens (primary N) is 3. The van der Waals surface area contributed by atoms with Crippen molar-refractivity contribution >= 4 is 69.0 Å². The molecule has 4 saturated heterocycles. The number of carbonyl (C=O) groups is 10. The first-order valence-corrected chi connectivity index (χ1v) is 30.8. The number of carboxylic acid groups (broad SMARTS) is 1. The predicted octanol–water partition coefficient (Wildman–Crippen LogP) is 5.79. The van der Waals surface area contributed by atoms with Crippen LogP contribution in [-0.4, -0.2) is 138 Å². The summed E-state index contributed by atoms with van der Waals surface area (Å²) in [4.78, 5) is 129. The fourth-order valence-electron chi connectivity index (χ4n) is 13.5. The Labute approximate surface area is 464 Å². The standard InChI is InChI=1S/C34H57N3O7S.C23H37N3O4.CH2O2/c1-33(2,3)24(20-36(6)45(7,43)44)19-25(38)17-23-16-14-12-10-8-9-11-13-15-22(30(40)31(35)41)18-27(39)29-28-26(34(28,4)5)21-37(29)32(23)42;1-23(2)15-13-26-19(18(15)23)17(27)12-14(20(28)21(25)29)10-8-6-4-3-5-7-9-11-16(24)22(26)30;2-1-3/h22-24,26,28-29H,8-21H2,1-7H3,(H2,35,41);14-16,18-19H,3-13,24H2,1-2H3,(H2,25,29);1H,(H,2,3)/t22-,23-,24-,26+,28+,29-;14-,15+,16+,18+,19-;/m11./s1. The molecule has 78 heavy (non-hydrogen) atoms. The second kappa shape index (κ2) is 28.3. The zero-order valence-corrected chi connectivity index (χ0v) is 49.3. The average molecular weight is 1120 g/mol. The van der Waals surface area contributed by atoms with Gasteiger partial charge in [0.2, 0.25) is 33.4 Å². The van der Waals surface area contributed by atoms with Gasteiger partial charge in [0, 0.05) is 70.1 Å². The van der Waals surface area contributed by atoms with Crippen LogP contribution in [0.4, 0.5) is 0 Å². The lowest BCUT2D eigenvalue weighted by molar-refractivity contribution is -0.145. The second-order valence-corrected chi connectivity index (χ2v) is 28.1. The maximum atomic E-state index is 14.3. The molecule has 4 aliphatic heterocycles. The SMILES string of the molecule is CC1(C)[C@@H]2[C@H]3C(=O)C[C@H](C(=O)C(N)=O)CCCCCCCCC[C@H](N)C(=O)N3C[C@@H]21.CN(C[C@@H](CC(=O)C[C@H]1CCCCCCCCC[C@@H](C(=O)C(N)=O)CC(=O)[C@@H]2[C@@H]3[C@H](CN2C1=O)C3(C)C)C(C)(C)C)S(C)(=O)=O.O=CO. The zero-order valence-electron chi connectivity index (χ0n) is 48.4. The fraction of sp³-hybridized carbons (Fsp3) is 0.828. The van der Waals surface area contributed by atoms with E-state index >= 15 is 0 Å². The Morgan fingerprint density at radius 1 is 0.667 bits per heavy atom. The molecular weight excluding hydrogens is 1020 g/mol. The minimum Gasteiger partial charge on any atom is -0.483 e. The summed E-state index contributed by atoms with van der Waals surface area (Å²) in [7, 11) is -1.90. The molecule has 2 saturated carbocycles. The zero-order chi connectivity index (χ0) is 58.7. The van der Waals surface area contributed by atoms with Gasteiger partial charge in [-0.15, -0.1) is 0 Å². The molecule has 2 aliphatic carbocycles. The smallest absolute Gasteiger partial charge is 0.290 e. The molecule has 442 valence electrons. The Kier molecular flexibility index (Phi) is 24.0. The molecule has 0 unspecified atom stereocenters. The Hall–Kier alpha value is -4.43. The van der Waals surface area contributed by atoms with E-state index in [1.165, 1.54) is 11.4 Å². The quantitative estimate of drug-likeness (QED) is 0.141. The highest BCUT2D eigenvalue weighted by Gasteiger charge is 2.70. The molecule has 4 heterocycles. The van der Waals surface area contributed by atoms with Crippen LogP contribution in [0.3, 0.4) is 0 Å². The highest BCUT2D eigenvalue weighted by Crippen LogP contribution is 2.66. The van der Waals surface area contributed by atoms with E-state index in [0.29, 0.717) is 38.8 Å². The van der Waals surface area contributed by atoms with Crippen LogP contribution >= 0.6 is 0 Å². The lowest BCUT2D eigenvalue weighted by Gasteiger charge is -2.35. The van der Waals surface area contributed by atoms with Crippen LogP contribution in [0.2, 0.25) is 0 Å². The van der Waals surface area contributed by atoms with Crippen LogP contribution in [0.25, 0.3) is 0 Å². The number of rotatable bonds is 11. The van der Waals surface area contributed by atoms with Crippen molar-refractivity contribution in [2.24, 2.45) is 80.8 Å². The normalized spacial score (nSPS) is 30.6. The summed E-state index contributed by atoms with van der Waals surface area (Å²) in [6, 6.07) is -1.81. The molecule has 0 bridgehead atoms. The van der Waals surface area contributed by atoms with E-state index in [2.05, 4.69) is 27.7 Å². The molecule has 19 nitrogen and oxygen atoms in total. The van der Waals surface area contributed by atoms with Gasteiger partial charge >= 0.3 is 0 Å².